The highest BCUT2D eigenvalue weighted by Gasteiger charge is 2.29. The molecule has 4 aromatic rings. The van der Waals surface area contributed by atoms with Crippen molar-refractivity contribution in [2.45, 2.75) is 24.8 Å². The van der Waals surface area contributed by atoms with Gasteiger partial charge in [-0.2, -0.15) is 0 Å². The van der Waals surface area contributed by atoms with Crippen molar-refractivity contribution >= 4 is 44.0 Å². The second kappa shape index (κ2) is 12.8. The second-order valence-electron chi connectivity index (χ2n) is 10.7. The predicted octanol–water partition coefficient (Wildman–Crippen LogP) is 3.81. The van der Waals surface area contributed by atoms with Crippen molar-refractivity contribution in [2.75, 3.05) is 63.3 Å². The van der Waals surface area contributed by atoms with Crippen LogP contribution >= 0.6 is 0 Å². The summed E-state index contributed by atoms with van der Waals surface area (Å²) in [7, 11) is -1.68. The Bertz CT molecular complexity index is 1740. The Morgan fingerprint density at radius 1 is 1.14 bits per heavy atom. The minimum atomic E-state index is -3.76. The number of rotatable bonds is 10. The number of aryl methyl sites for hydroxylation is 1. The quantitative estimate of drug-likeness (QED) is 0.246. The number of amides is 1. The molecule has 43 heavy (non-hydrogen) atoms. The van der Waals surface area contributed by atoms with Crippen molar-refractivity contribution in [3.05, 3.63) is 60.2 Å². The van der Waals surface area contributed by atoms with Gasteiger partial charge in [0, 0.05) is 62.4 Å². The summed E-state index contributed by atoms with van der Waals surface area (Å²) in [5.41, 5.74) is 3.46. The van der Waals surface area contributed by atoms with Crippen LogP contribution in [0.4, 0.5) is 21.7 Å². The van der Waals surface area contributed by atoms with E-state index in [1.54, 1.807) is 6.20 Å². The topological polar surface area (TPSA) is 133 Å². The van der Waals surface area contributed by atoms with Crippen LogP contribution in [0, 0.1) is 12.7 Å². The number of piperazine rings is 1. The molecule has 1 saturated heterocycles. The number of aromatic nitrogens is 3. The Balaban J connectivity index is 1.43. The largest absolute Gasteiger partial charge is 0.380 e. The van der Waals surface area contributed by atoms with Gasteiger partial charge < -0.3 is 25.3 Å². The third kappa shape index (κ3) is 6.69. The zero-order valence-corrected chi connectivity index (χ0v) is 25.5. The number of aromatic amines is 1. The van der Waals surface area contributed by atoms with E-state index in [0.29, 0.717) is 24.6 Å². The smallest absolute Gasteiger partial charge is 0.244 e. The Kier molecular flexibility index (Phi) is 9.06. The molecule has 1 fully saturated rings. The number of sulfone groups is 1. The van der Waals surface area contributed by atoms with E-state index in [4.69, 9.17) is 4.74 Å². The Hall–Kier alpha value is -3.91. The number of hydrogen-bond acceptors (Lipinski definition) is 9. The summed E-state index contributed by atoms with van der Waals surface area (Å²) in [6.45, 7) is 7.95. The number of ether oxygens (including phenoxy) is 1. The summed E-state index contributed by atoms with van der Waals surface area (Å²) in [6, 6.07) is 9.31. The molecule has 2 aromatic heterocycles. The van der Waals surface area contributed by atoms with E-state index in [0.717, 1.165) is 54.5 Å². The summed E-state index contributed by atoms with van der Waals surface area (Å²) in [4.78, 5) is 29.8. The average molecular weight is 610 g/mol. The van der Waals surface area contributed by atoms with Gasteiger partial charge in [0.1, 0.15) is 10.9 Å². The molecule has 1 amide bonds. The zero-order valence-electron chi connectivity index (χ0n) is 24.6. The Labute approximate surface area is 250 Å². The molecule has 1 aliphatic rings. The number of anilines is 3. The maximum Gasteiger partial charge on any atom is 0.244 e. The fourth-order valence-electron chi connectivity index (χ4n) is 5.17. The molecule has 5 rings (SSSR count). The first-order valence-electron chi connectivity index (χ1n) is 14.1. The van der Waals surface area contributed by atoms with E-state index >= 15 is 0 Å². The Morgan fingerprint density at radius 3 is 2.58 bits per heavy atom. The van der Waals surface area contributed by atoms with E-state index in [2.05, 4.69) is 42.4 Å². The molecule has 11 nitrogen and oxygen atoms in total. The number of H-pyrrole nitrogens is 1. The molecular formula is C30H36FN7O4S. The standard InChI is InChI=1S/C30H36FN7O4S/c1-5-42-18-24(38-14-12-37(3)13-15-38)29(39)34-23-10-6-8-20-21(17-32-28(20)23)27-19(2)16-33-30(36-27)35-22-9-7-11-25(26(22)31)43(4,40)41/h6-11,16-17,24,32H,5,12-15,18H2,1-4H3,(H,34,39)(H,33,35,36)/t24-/m1/s1. The number of benzene rings is 2. The highest BCUT2D eigenvalue weighted by atomic mass is 32.2. The molecule has 0 radical (unpaired) electrons. The molecule has 3 heterocycles. The van der Waals surface area contributed by atoms with Gasteiger partial charge in [0.05, 0.1) is 29.2 Å². The van der Waals surface area contributed by atoms with Crippen LogP contribution in [0.2, 0.25) is 0 Å². The lowest BCUT2D eigenvalue weighted by molar-refractivity contribution is -0.124. The number of hydrogen-bond donors (Lipinski definition) is 3. The molecule has 228 valence electrons. The summed E-state index contributed by atoms with van der Waals surface area (Å²) >= 11 is 0. The van der Waals surface area contributed by atoms with Gasteiger partial charge in [-0.15, -0.1) is 0 Å². The first-order chi connectivity index (χ1) is 20.6. The number of nitrogens with zero attached hydrogens (tertiary/aromatic N) is 4. The molecule has 0 aliphatic carbocycles. The van der Waals surface area contributed by atoms with Crippen LogP contribution in [0.3, 0.4) is 0 Å². The fraction of sp³-hybridized carbons (Fsp3) is 0.367. The fourth-order valence-corrected chi connectivity index (χ4v) is 5.93. The molecule has 2 aromatic carbocycles. The van der Waals surface area contributed by atoms with Crippen molar-refractivity contribution in [3.63, 3.8) is 0 Å². The van der Waals surface area contributed by atoms with E-state index in [1.807, 2.05) is 38.2 Å². The maximum atomic E-state index is 15.0. The van der Waals surface area contributed by atoms with Gasteiger partial charge in [0.2, 0.25) is 11.9 Å². The molecule has 13 heteroatoms. The number of carbonyl (C=O) groups excluding carboxylic acids is 1. The van der Waals surface area contributed by atoms with Crippen LogP contribution in [0.1, 0.15) is 12.5 Å². The molecule has 1 atom stereocenters. The lowest BCUT2D eigenvalue weighted by Crippen LogP contribution is -2.54. The van der Waals surface area contributed by atoms with E-state index in [1.165, 1.54) is 18.2 Å². The molecule has 0 saturated carbocycles. The van der Waals surface area contributed by atoms with Crippen molar-refractivity contribution in [1.82, 2.24) is 24.8 Å². The van der Waals surface area contributed by atoms with Crippen LogP contribution in [0.25, 0.3) is 22.2 Å². The normalized spacial score (nSPS) is 15.5. The number of fused-ring (bicyclic) bond motifs is 1. The van der Waals surface area contributed by atoms with Crippen molar-refractivity contribution in [3.8, 4) is 11.3 Å². The summed E-state index contributed by atoms with van der Waals surface area (Å²) < 4.78 is 44.6. The lowest BCUT2D eigenvalue weighted by Gasteiger charge is -2.37. The Morgan fingerprint density at radius 2 is 1.86 bits per heavy atom. The average Bonchev–Trinajstić information content (AvgIpc) is 3.40. The first kappa shape index (κ1) is 30.5. The highest BCUT2D eigenvalue weighted by molar-refractivity contribution is 7.90. The zero-order chi connectivity index (χ0) is 30.7. The van der Waals surface area contributed by atoms with Gasteiger partial charge in [0.15, 0.2) is 15.7 Å². The predicted molar refractivity (Wildman–Crippen MR) is 165 cm³/mol. The van der Waals surface area contributed by atoms with E-state index in [-0.39, 0.29) is 17.5 Å². The number of nitrogens with one attached hydrogen (secondary N) is 3. The third-order valence-corrected chi connectivity index (χ3v) is 8.68. The van der Waals surface area contributed by atoms with Gasteiger partial charge in [-0.3, -0.25) is 9.69 Å². The summed E-state index contributed by atoms with van der Waals surface area (Å²) in [6.07, 6.45) is 4.37. The number of halogens is 1. The molecule has 1 aliphatic heterocycles. The molecule has 0 spiro atoms. The second-order valence-corrected chi connectivity index (χ2v) is 12.7. The number of carbonyl (C=O) groups is 1. The monoisotopic (exact) mass is 609 g/mol. The minimum Gasteiger partial charge on any atom is -0.380 e. The lowest BCUT2D eigenvalue weighted by atomic mass is 10.1. The van der Waals surface area contributed by atoms with Crippen LogP contribution in [-0.4, -0.2) is 97.8 Å². The van der Waals surface area contributed by atoms with Gasteiger partial charge >= 0.3 is 0 Å². The molecular weight excluding hydrogens is 573 g/mol. The molecule has 0 unspecified atom stereocenters. The SMILES string of the molecule is CCOC[C@H](C(=O)Nc1cccc2c(-c3nc(Nc4cccc(S(C)(=O)=O)c4F)ncc3C)c[nH]c12)N1CCN(C)CC1. The van der Waals surface area contributed by atoms with Crippen molar-refractivity contribution < 1.29 is 22.3 Å². The minimum absolute atomic E-state index is 0.0522. The highest BCUT2D eigenvalue weighted by Crippen LogP contribution is 2.34. The van der Waals surface area contributed by atoms with Crippen LogP contribution in [0.5, 0.6) is 0 Å². The van der Waals surface area contributed by atoms with Gasteiger partial charge in [-0.05, 0) is 44.7 Å². The van der Waals surface area contributed by atoms with E-state index < -0.39 is 26.6 Å². The van der Waals surface area contributed by atoms with Crippen molar-refractivity contribution in [1.29, 1.82) is 0 Å². The molecule has 0 bridgehead atoms. The summed E-state index contributed by atoms with van der Waals surface area (Å²) in [5.74, 6) is -0.929. The van der Waals surface area contributed by atoms with Gasteiger partial charge in [-0.25, -0.2) is 22.8 Å². The number of para-hydroxylation sites is 1. The number of likely N-dealkylation sites (N-methyl/N-ethyl adjacent to an activating group) is 1. The van der Waals surface area contributed by atoms with Gasteiger partial charge in [-0.1, -0.05) is 18.2 Å². The molecule has 3 N–H and O–H groups in total. The van der Waals surface area contributed by atoms with Crippen LogP contribution < -0.4 is 10.6 Å². The summed E-state index contributed by atoms with van der Waals surface area (Å²) in [5, 5.41) is 6.75. The maximum absolute atomic E-state index is 15.0. The first-order valence-corrected chi connectivity index (χ1v) is 16.0. The third-order valence-electron chi connectivity index (χ3n) is 7.57. The van der Waals surface area contributed by atoms with Gasteiger partial charge in [0.25, 0.3) is 0 Å². The van der Waals surface area contributed by atoms with Crippen LogP contribution in [0.15, 0.2) is 53.7 Å². The van der Waals surface area contributed by atoms with E-state index in [9.17, 15) is 17.6 Å². The van der Waals surface area contributed by atoms with Crippen molar-refractivity contribution in [2.24, 2.45) is 0 Å². The van der Waals surface area contributed by atoms with Crippen LogP contribution in [-0.2, 0) is 19.4 Å².